The van der Waals surface area contributed by atoms with Gasteiger partial charge in [0.05, 0.1) is 39.4 Å². The molecule has 0 amide bonds. The fourth-order valence-electron chi connectivity index (χ4n) is 5.99. The first-order valence-electron chi connectivity index (χ1n) is 18.1. The second-order valence-electron chi connectivity index (χ2n) is 12.9. The highest BCUT2D eigenvalue weighted by Crippen LogP contribution is 2.56. The van der Waals surface area contributed by atoms with Gasteiger partial charge in [-0.15, -0.1) is 0 Å². The van der Waals surface area contributed by atoms with Gasteiger partial charge >= 0.3 is 15.6 Å². The van der Waals surface area contributed by atoms with Crippen LogP contribution in [0.2, 0.25) is 0 Å². The normalized spacial score (nSPS) is 17.4. The van der Waals surface area contributed by atoms with Crippen LogP contribution in [0.4, 0.5) is 5.82 Å². The zero-order valence-corrected chi connectivity index (χ0v) is 32.7. The van der Waals surface area contributed by atoms with Crippen molar-refractivity contribution < 1.29 is 41.0 Å². The molecule has 16 heteroatoms. The Kier molecular flexibility index (Phi) is 13.1. The maximum atomic E-state index is 14.6. The Morgan fingerprint density at radius 1 is 0.679 bits per heavy atom. The summed E-state index contributed by atoms with van der Waals surface area (Å²) in [5.74, 6) is 1.08. The number of aromatic nitrogens is 4. The molecule has 0 saturated carbocycles. The van der Waals surface area contributed by atoms with E-state index >= 15 is 0 Å². The van der Waals surface area contributed by atoms with E-state index in [1.54, 1.807) is 24.9 Å². The standard InChI is InChI=1S/C40H43N5O9P2/c1-30-43-39(41-2)38-40(44-30)45(29-42-38)37-23-35(54-56(47,50-26-33-19-11-5-12-20-33)51-27-34-21-13-6-14-22-34)36(53-37)28-52-55(46,48-24-31-15-7-3-8-16-31)49-25-32-17-9-4-10-18-32/h3-22,29,35-37H,23-28H2,1-2H3,(H,41,43,44)/t35-,36+,37+/m0/s1. The molecule has 1 N–H and O–H groups in total. The van der Waals surface area contributed by atoms with Gasteiger partial charge in [-0.1, -0.05) is 121 Å². The lowest BCUT2D eigenvalue weighted by Crippen LogP contribution is -2.29. The van der Waals surface area contributed by atoms with E-state index in [1.807, 2.05) is 121 Å². The second-order valence-corrected chi connectivity index (χ2v) is 16.2. The summed E-state index contributed by atoms with van der Waals surface area (Å²) in [6, 6.07) is 37.1. The van der Waals surface area contributed by atoms with Gasteiger partial charge in [0.15, 0.2) is 17.0 Å². The lowest BCUT2D eigenvalue weighted by Gasteiger charge is -2.25. The summed E-state index contributed by atoms with van der Waals surface area (Å²) < 4.78 is 73.3. The molecule has 0 bridgehead atoms. The van der Waals surface area contributed by atoms with Crippen molar-refractivity contribution in [2.24, 2.45) is 0 Å². The van der Waals surface area contributed by atoms with Crippen molar-refractivity contribution in [3.8, 4) is 0 Å². The number of imidazole rings is 1. The summed E-state index contributed by atoms with van der Waals surface area (Å²) in [5.41, 5.74) is 4.14. The molecule has 0 radical (unpaired) electrons. The summed E-state index contributed by atoms with van der Waals surface area (Å²) in [4.78, 5) is 13.6. The first-order chi connectivity index (χ1) is 27.3. The number of nitrogens with zero attached hydrogens (tertiary/aromatic N) is 4. The lowest BCUT2D eigenvalue weighted by atomic mass is 10.2. The maximum absolute atomic E-state index is 14.6. The predicted octanol–water partition coefficient (Wildman–Crippen LogP) is 8.95. The van der Waals surface area contributed by atoms with Crippen LogP contribution in [-0.2, 0) is 67.4 Å². The number of phosphoric ester groups is 2. The van der Waals surface area contributed by atoms with Crippen LogP contribution in [-0.4, -0.2) is 45.4 Å². The maximum Gasteiger partial charge on any atom is 0.475 e. The largest absolute Gasteiger partial charge is 0.475 e. The van der Waals surface area contributed by atoms with E-state index < -0.39 is 34.1 Å². The van der Waals surface area contributed by atoms with E-state index in [0.29, 0.717) is 22.8 Å². The number of phosphoric acid groups is 2. The third-order valence-electron chi connectivity index (χ3n) is 8.85. The van der Waals surface area contributed by atoms with Gasteiger partial charge in [-0.25, -0.2) is 24.1 Å². The van der Waals surface area contributed by atoms with Crippen molar-refractivity contribution >= 4 is 32.6 Å². The van der Waals surface area contributed by atoms with Crippen LogP contribution in [0.25, 0.3) is 11.2 Å². The van der Waals surface area contributed by atoms with E-state index in [0.717, 1.165) is 22.3 Å². The molecule has 0 unspecified atom stereocenters. The number of rotatable bonds is 19. The Morgan fingerprint density at radius 2 is 1.14 bits per heavy atom. The predicted molar refractivity (Wildman–Crippen MR) is 209 cm³/mol. The van der Waals surface area contributed by atoms with Gasteiger partial charge in [0, 0.05) is 13.5 Å². The first-order valence-corrected chi connectivity index (χ1v) is 21.0. The van der Waals surface area contributed by atoms with Crippen molar-refractivity contribution in [3.05, 3.63) is 156 Å². The molecule has 0 spiro atoms. The fraction of sp³-hybridized carbons (Fsp3) is 0.275. The summed E-state index contributed by atoms with van der Waals surface area (Å²) in [6.45, 7) is 1.28. The van der Waals surface area contributed by atoms with Gasteiger partial charge in [0.1, 0.15) is 24.3 Å². The number of anilines is 1. The van der Waals surface area contributed by atoms with Gasteiger partial charge < -0.3 is 10.1 Å². The van der Waals surface area contributed by atoms with Crippen molar-refractivity contribution in [1.29, 1.82) is 0 Å². The topological polar surface area (TPSA) is 154 Å². The van der Waals surface area contributed by atoms with Crippen molar-refractivity contribution in [2.45, 2.75) is 58.2 Å². The van der Waals surface area contributed by atoms with Gasteiger partial charge in [-0.05, 0) is 29.2 Å². The Balaban J connectivity index is 1.17. The molecule has 7 rings (SSSR count). The molecule has 56 heavy (non-hydrogen) atoms. The first kappa shape index (κ1) is 39.6. The molecular weight excluding hydrogens is 756 g/mol. The van der Waals surface area contributed by atoms with E-state index in [9.17, 15) is 9.13 Å². The Morgan fingerprint density at radius 3 is 1.61 bits per heavy atom. The third kappa shape index (κ3) is 10.4. The molecule has 6 aromatic rings. The van der Waals surface area contributed by atoms with Gasteiger partial charge in [-0.3, -0.25) is 31.7 Å². The third-order valence-corrected chi connectivity index (χ3v) is 11.6. The molecular formula is C40H43N5O9P2. The van der Waals surface area contributed by atoms with Gasteiger partial charge in [0.25, 0.3) is 0 Å². The van der Waals surface area contributed by atoms with Crippen molar-refractivity contribution in [2.75, 3.05) is 19.0 Å². The number of aryl methyl sites for hydroxylation is 1. The highest BCUT2D eigenvalue weighted by atomic mass is 31.2. The molecule has 1 saturated heterocycles. The fourth-order valence-corrected chi connectivity index (χ4v) is 8.53. The van der Waals surface area contributed by atoms with Crippen LogP contribution >= 0.6 is 15.6 Å². The molecule has 3 atom stereocenters. The number of hydrogen-bond donors (Lipinski definition) is 1. The van der Waals surface area contributed by atoms with Crippen LogP contribution in [0.15, 0.2) is 128 Å². The molecule has 1 fully saturated rings. The number of hydrogen-bond acceptors (Lipinski definition) is 13. The minimum absolute atomic E-state index is 0.0370. The van der Waals surface area contributed by atoms with Crippen LogP contribution in [0.1, 0.15) is 40.7 Å². The van der Waals surface area contributed by atoms with Crippen molar-refractivity contribution in [3.63, 3.8) is 0 Å². The number of ether oxygens (including phenoxy) is 1. The summed E-state index contributed by atoms with van der Waals surface area (Å²) in [5, 5.41) is 3.06. The van der Waals surface area contributed by atoms with Crippen LogP contribution in [0, 0.1) is 6.92 Å². The molecule has 292 valence electrons. The monoisotopic (exact) mass is 799 g/mol. The highest BCUT2D eigenvalue weighted by molar-refractivity contribution is 7.48. The molecule has 4 aromatic carbocycles. The summed E-state index contributed by atoms with van der Waals surface area (Å²) >= 11 is 0. The van der Waals surface area contributed by atoms with Crippen molar-refractivity contribution in [1.82, 2.24) is 19.5 Å². The number of nitrogens with one attached hydrogen (secondary N) is 1. The highest BCUT2D eigenvalue weighted by Gasteiger charge is 2.45. The average Bonchev–Trinajstić information content (AvgIpc) is 3.85. The Labute approximate surface area is 325 Å². The zero-order valence-electron chi connectivity index (χ0n) is 31.0. The molecule has 2 aromatic heterocycles. The molecule has 0 aliphatic carbocycles. The lowest BCUT2D eigenvalue weighted by molar-refractivity contribution is -0.0486. The minimum atomic E-state index is -4.31. The quantitative estimate of drug-likeness (QED) is 0.0776. The second kappa shape index (κ2) is 18.6. The average molecular weight is 800 g/mol. The smallest absolute Gasteiger partial charge is 0.371 e. The van der Waals surface area contributed by atoms with E-state index in [2.05, 4.69) is 20.3 Å². The van der Waals surface area contributed by atoms with E-state index in [1.165, 1.54) is 0 Å². The SMILES string of the molecule is CNc1nc(C)nc2c1ncn2[C@H]1C[C@H](OP(=O)(OCc2ccccc2)OCc2ccccc2)[C@@H](COP(=O)(OCc2ccccc2)OCc2ccccc2)O1. The van der Waals surface area contributed by atoms with Gasteiger partial charge in [-0.2, -0.15) is 0 Å². The Hall–Kier alpha value is -4.59. The summed E-state index contributed by atoms with van der Waals surface area (Å²) in [6.07, 6.45) is -0.918. The van der Waals surface area contributed by atoms with Crippen LogP contribution < -0.4 is 5.32 Å². The zero-order chi connectivity index (χ0) is 38.8. The molecule has 14 nitrogen and oxygen atoms in total. The Bertz CT molecular complexity index is 2160. The van der Waals surface area contributed by atoms with Crippen LogP contribution in [0.5, 0.6) is 0 Å². The molecule has 3 heterocycles. The molecule has 1 aliphatic heterocycles. The minimum Gasteiger partial charge on any atom is -0.371 e. The number of fused-ring (bicyclic) bond motifs is 1. The number of benzene rings is 4. The summed E-state index contributed by atoms with van der Waals surface area (Å²) in [7, 11) is -6.79. The van der Waals surface area contributed by atoms with Gasteiger partial charge in [0.2, 0.25) is 0 Å². The van der Waals surface area contributed by atoms with E-state index in [-0.39, 0.29) is 39.5 Å². The van der Waals surface area contributed by atoms with E-state index in [4.69, 9.17) is 31.9 Å². The molecule has 1 aliphatic rings. The van der Waals surface area contributed by atoms with Crippen LogP contribution in [0.3, 0.4) is 0 Å².